The standard InChI is InChI=1S/C20H19N5O4S2/c1-13-12-14(2)22-19(21-13)25-31(27,28)17-8-5-15(6-9-17)23-20(30)24-18(26)10-7-16-4-3-11-29-16/h3-12H,1-2H3,(H,21,22,25)(H2,23,24,26,30). The van der Waals surface area contributed by atoms with E-state index in [4.69, 9.17) is 16.6 Å². The monoisotopic (exact) mass is 457 g/mol. The number of nitrogens with zero attached hydrogens (tertiary/aromatic N) is 2. The molecule has 1 amide bonds. The van der Waals surface area contributed by atoms with Gasteiger partial charge in [0, 0.05) is 23.2 Å². The summed E-state index contributed by atoms with van der Waals surface area (Å²) in [6.45, 7) is 3.50. The van der Waals surface area contributed by atoms with Crippen molar-refractivity contribution in [3.8, 4) is 0 Å². The molecule has 0 saturated heterocycles. The highest BCUT2D eigenvalue weighted by Crippen LogP contribution is 2.17. The molecule has 0 bridgehead atoms. The highest BCUT2D eigenvalue weighted by Gasteiger charge is 2.16. The number of rotatable bonds is 6. The van der Waals surface area contributed by atoms with Crippen LogP contribution in [0.15, 0.2) is 64.1 Å². The third-order valence-corrected chi connectivity index (χ3v) is 5.36. The molecular weight excluding hydrogens is 438 g/mol. The van der Waals surface area contributed by atoms with E-state index in [0.717, 1.165) is 0 Å². The van der Waals surface area contributed by atoms with Crippen LogP contribution in [-0.2, 0) is 14.8 Å². The molecule has 0 aliphatic carbocycles. The van der Waals surface area contributed by atoms with Gasteiger partial charge in [0.05, 0.1) is 11.2 Å². The Hall–Kier alpha value is -3.57. The number of anilines is 2. The van der Waals surface area contributed by atoms with Crippen molar-refractivity contribution in [3.05, 3.63) is 72.0 Å². The van der Waals surface area contributed by atoms with Gasteiger partial charge in [-0.25, -0.2) is 23.1 Å². The molecule has 2 aromatic heterocycles. The number of aromatic nitrogens is 2. The number of sulfonamides is 1. The fourth-order valence-electron chi connectivity index (χ4n) is 2.53. The Bertz CT molecular complexity index is 1200. The maximum atomic E-state index is 12.6. The maximum Gasteiger partial charge on any atom is 0.264 e. The second kappa shape index (κ2) is 9.49. The largest absolute Gasteiger partial charge is 0.465 e. The zero-order chi connectivity index (χ0) is 22.4. The molecular formula is C20H19N5O4S2. The second-order valence-corrected chi connectivity index (χ2v) is 8.49. The lowest BCUT2D eigenvalue weighted by Gasteiger charge is -2.10. The van der Waals surface area contributed by atoms with Gasteiger partial charge in [-0.3, -0.25) is 10.1 Å². The van der Waals surface area contributed by atoms with Gasteiger partial charge in [0.25, 0.3) is 10.0 Å². The minimum atomic E-state index is -3.86. The number of carbonyl (C=O) groups is 1. The van der Waals surface area contributed by atoms with E-state index in [2.05, 4.69) is 25.3 Å². The van der Waals surface area contributed by atoms with E-state index in [1.165, 1.54) is 42.7 Å². The van der Waals surface area contributed by atoms with Crippen molar-refractivity contribution in [2.75, 3.05) is 10.0 Å². The Morgan fingerprint density at radius 3 is 2.39 bits per heavy atom. The number of hydrogen-bond donors (Lipinski definition) is 3. The number of amides is 1. The van der Waals surface area contributed by atoms with E-state index >= 15 is 0 Å². The molecule has 160 valence electrons. The lowest BCUT2D eigenvalue weighted by molar-refractivity contribution is -0.115. The summed E-state index contributed by atoms with van der Waals surface area (Å²) in [5.74, 6) is 0.0996. The van der Waals surface area contributed by atoms with Crippen molar-refractivity contribution in [2.45, 2.75) is 18.7 Å². The van der Waals surface area contributed by atoms with Gasteiger partial charge in [-0.1, -0.05) is 0 Å². The number of thiocarbonyl (C=S) groups is 1. The van der Waals surface area contributed by atoms with Crippen molar-refractivity contribution in [2.24, 2.45) is 0 Å². The van der Waals surface area contributed by atoms with Gasteiger partial charge < -0.3 is 9.73 Å². The lowest BCUT2D eigenvalue weighted by Crippen LogP contribution is -2.32. The zero-order valence-electron chi connectivity index (χ0n) is 16.6. The van der Waals surface area contributed by atoms with E-state index in [1.54, 1.807) is 32.0 Å². The minimum absolute atomic E-state index is 0.00574. The summed E-state index contributed by atoms with van der Waals surface area (Å²) in [5, 5.41) is 5.36. The third-order valence-electron chi connectivity index (χ3n) is 3.81. The van der Waals surface area contributed by atoms with Crippen LogP contribution in [0.25, 0.3) is 6.08 Å². The number of carbonyl (C=O) groups excluding carboxylic acids is 1. The molecule has 3 rings (SSSR count). The van der Waals surface area contributed by atoms with Gasteiger partial charge in [0.2, 0.25) is 11.9 Å². The first kappa shape index (κ1) is 22.1. The molecule has 0 aliphatic heterocycles. The van der Waals surface area contributed by atoms with Gasteiger partial charge in [-0.05, 0) is 74.6 Å². The molecule has 0 saturated carbocycles. The molecule has 2 heterocycles. The molecule has 9 nitrogen and oxygen atoms in total. The van der Waals surface area contributed by atoms with Crippen molar-refractivity contribution >= 4 is 51.0 Å². The van der Waals surface area contributed by atoms with E-state index in [-0.39, 0.29) is 16.0 Å². The van der Waals surface area contributed by atoms with Gasteiger partial charge in [-0.2, -0.15) is 0 Å². The Balaban J connectivity index is 1.60. The highest BCUT2D eigenvalue weighted by atomic mass is 32.2. The molecule has 3 N–H and O–H groups in total. The molecule has 0 fully saturated rings. The Kier molecular flexibility index (Phi) is 6.78. The second-order valence-electron chi connectivity index (χ2n) is 6.40. The summed E-state index contributed by atoms with van der Waals surface area (Å²) >= 11 is 5.10. The van der Waals surface area contributed by atoms with E-state index < -0.39 is 15.9 Å². The summed E-state index contributed by atoms with van der Waals surface area (Å²) in [7, 11) is -3.86. The van der Waals surface area contributed by atoms with Crippen LogP contribution < -0.4 is 15.4 Å². The summed E-state index contributed by atoms with van der Waals surface area (Å²) in [4.78, 5) is 20.1. The smallest absolute Gasteiger partial charge is 0.264 e. The summed E-state index contributed by atoms with van der Waals surface area (Å²) in [5.41, 5.74) is 1.81. The van der Waals surface area contributed by atoms with Crippen LogP contribution in [0, 0.1) is 13.8 Å². The van der Waals surface area contributed by atoms with Crippen LogP contribution in [0.5, 0.6) is 0 Å². The zero-order valence-corrected chi connectivity index (χ0v) is 18.3. The van der Waals surface area contributed by atoms with Crippen LogP contribution in [0.3, 0.4) is 0 Å². The number of hydrogen-bond acceptors (Lipinski definition) is 7. The van der Waals surface area contributed by atoms with Crippen LogP contribution >= 0.6 is 12.2 Å². The predicted octanol–water partition coefficient (Wildman–Crippen LogP) is 3.01. The first-order valence-electron chi connectivity index (χ1n) is 9.00. The van der Waals surface area contributed by atoms with Crippen molar-refractivity contribution in [1.29, 1.82) is 0 Å². The van der Waals surface area contributed by atoms with Crippen molar-refractivity contribution < 1.29 is 17.6 Å². The predicted molar refractivity (Wildman–Crippen MR) is 121 cm³/mol. The highest BCUT2D eigenvalue weighted by molar-refractivity contribution is 7.92. The van der Waals surface area contributed by atoms with Crippen LogP contribution in [0.2, 0.25) is 0 Å². The van der Waals surface area contributed by atoms with E-state index in [0.29, 0.717) is 22.8 Å². The molecule has 31 heavy (non-hydrogen) atoms. The Morgan fingerprint density at radius 2 is 1.77 bits per heavy atom. The van der Waals surface area contributed by atoms with Gasteiger partial charge in [-0.15, -0.1) is 0 Å². The average molecular weight is 458 g/mol. The number of nitrogens with one attached hydrogen (secondary N) is 3. The SMILES string of the molecule is Cc1cc(C)nc(NS(=O)(=O)c2ccc(NC(=S)NC(=O)C=Cc3ccco3)cc2)n1. The molecule has 0 atom stereocenters. The first-order chi connectivity index (χ1) is 14.7. The molecule has 11 heteroatoms. The van der Waals surface area contributed by atoms with Gasteiger partial charge in [0.15, 0.2) is 5.11 Å². The Labute approximate surface area is 184 Å². The summed E-state index contributed by atoms with van der Waals surface area (Å²) < 4.78 is 32.6. The molecule has 3 aromatic rings. The number of benzene rings is 1. The van der Waals surface area contributed by atoms with E-state index in [9.17, 15) is 13.2 Å². The fraction of sp³-hybridized carbons (Fsp3) is 0.100. The van der Waals surface area contributed by atoms with Gasteiger partial charge in [0.1, 0.15) is 5.76 Å². The summed E-state index contributed by atoms with van der Waals surface area (Å²) in [6, 6.07) is 11.0. The quantitative estimate of drug-likeness (QED) is 0.381. The molecule has 0 aliphatic rings. The fourth-order valence-corrected chi connectivity index (χ4v) is 3.69. The first-order valence-corrected chi connectivity index (χ1v) is 10.9. The third kappa shape index (κ3) is 6.46. The lowest BCUT2D eigenvalue weighted by atomic mass is 10.3. The normalized spacial score (nSPS) is 11.3. The number of aryl methyl sites for hydroxylation is 2. The minimum Gasteiger partial charge on any atom is -0.465 e. The topological polar surface area (TPSA) is 126 Å². The average Bonchev–Trinajstić information content (AvgIpc) is 3.19. The summed E-state index contributed by atoms with van der Waals surface area (Å²) in [6.07, 6.45) is 4.28. The molecule has 1 aromatic carbocycles. The number of furan rings is 1. The molecule has 0 radical (unpaired) electrons. The van der Waals surface area contributed by atoms with Crippen molar-refractivity contribution in [3.63, 3.8) is 0 Å². The maximum absolute atomic E-state index is 12.6. The van der Waals surface area contributed by atoms with Crippen LogP contribution in [0.4, 0.5) is 11.6 Å². The van der Waals surface area contributed by atoms with E-state index in [1.807, 2.05) is 0 Å². The van der Waals surface area contributed by atoms with Gasteiger partial charge >= 0.3 is 0 Å². The molecule has 0 unspecified atom stereocenters. The van der Waals surface area contributed by atoms with Crippen molar-refractivity contribution in [1.82, 2.24) is 15.3 Å². The van der Waals surface area contributed by atoms with Crippen LogP contribution in [0.1, 0.15) is 17.1 Å². The molecule has 0 spiro atoms. The Morgan fingerprint density at radius 1 is 1.10 bits per heavy atom. The van der Waals surface area contributed by atoms with Crippen LogP contribution in [-0.4, -0.2) is 29.4 Å².